The van der Waals surface area contributed by atoms with Gasteiger partial charge in [-0.3, -0.25) is 0 Å². The smallest absolute Gasteiger partial charge is 0.141 e. The summed E-state index contributed by atoms with van der Waals surface area (Å²) in [7, 11) is 1.63. The zero-order valence-corrected chi connectivity index (χ0v) is 12.4. The lowest BCUT2D eigenvalue weighted by atomic mass is 10.2. The van der Waals surface area contributed by atoms with Gasteiger partial charge in [-0.25, -0.2) is 0 Å². The number of thioether (sulfide) groups is 1. The molecule has 2 N–H and O–H groups in total. The molecule has 0 unspecified atom stereocenters. The van der Waals surface area contributed by atoms with Crippen LogP contribution in [0.25, 0.3) is 0 Å². The molecule has 0 saturated carbocycles. The van der Waals surface area contributed by atoms with Crippen molar-refractivity contribution in [1.82, 2.24) is 0 Å². The Bertz CT molecular complexity index is 545. The van der Waals surface area contributed by atoms with Gasteiger partial charge in [0.05, 0.1) is 12.8 Å². The van der Waals surface area contributed by atoms with Crippen molar-refractivity contribution in [2.24, 2.45) is 0 Å². The Morgan fingerprint density at radius 2 is 2.00 bits per heavy atom. The van der Waals surface area contributed by atoms with Gasteiger partial charge in [-0.05, 0) is 45.8 Å². The molecule has 2 nitrogen and oxygen atoms in total. The number of hydrogen-bond donors (Lipinski definition) is 1. The molecular formula is C14H14BrNOS. The standard InChI is InChI=1S/C14H14BrNOS/c1-17-13-7-6-10(8-12(13)16)9-18-14-5-3-2-4-11(14)15/h2-8H,9,16H2,1H3. The fourth-order valence-corrected chi connectivity index (χ4v) is 3.11. The van der Waals surface area contributed by atoms with Crippen LogP contribution in [0.4, 0.5) is 5.69 Å². The number of ether oxygens (including phenoxy) is 1. The Balaban J connectivity index is 2.07. The van der Waals surface area contributed by atoms with Crippen molar-refractivity contribution < 1.29 is 4.74 Å². The maximum Gasteiger partial charge on any atom is 0.141 e. The minimum atomic E-state index is 0.683. The van der Waals surface area contributed by atoms with Gasteiger partial charge in [-0.15, -0.1) is 11.8 Å². The molecule has 0 aliphatic rings. The molecule has 0 aromatic heterocycles. The van der Waals surface area contributed by atoms with Crippen molar-refractivity contribution in [3.63, 3.8) is 0 Å². The average Bonchev–Trinajstić information content (AvgIpc) is 2.38. The van der Waals surface area contributed by atoms with Gasteiger partial charge in [0.2, 0.25) is 0 Å². The number of nitrogen functional groups attached to an aromatic ring is 1. The zero-order valence-electron chi connectivity index (χ0n) is 10.0. The summed E-state index contributed by atoms with van der Waals surface area (Å²) in [5.41, 5.74) is 7.76. The molecule has 0 aliphatic carbocycles. The first-order valence-corrected chi connectivity index (χ1v) is 7.28. The molecule has 18 heavy (non-hydrogen) atoms. The van der Waals surface area contributed by atoms with Crippen LogP contribution in [0.5, 0.6) is 5.75 Å². The molecule has 4 heteroatoms. The van der Waals surface area contributed by atoms with Gasteiger partial charge in [-0.2, -0.15) is 0 Å². The van der Waals surface area contributed by atoms with Crippen LogP contribution in [0.15, 0.2) is 51.8 Å². The first-order chi connectivity index (χ1) is 8.70. The molecular weight excluding hydrogens is 310 g/mol. The van der Waals surface area contributed by atoms with Crippen LogP contribution in [0.3, 0.4) is 0 Å². The van der Waals surface area contributed by atoms with E-state index >= 15 is 0 Å². The summed E-state index contributed by atoms with van der Waals surface area (Å²) < 4.78 is 6.26. The summed E-state index contributed by atoms with van der Waals surface area (Å²) in [6.07, 6.45) is 0. The van der Waals surface area contributed by atoms with Crippen molar-refractivity contribution in [3.05, 3.63) is 52.5 Å². The molecule has 0 heterocycles. The van der Waals surface area contributed by atoms with Gasteiger partial charge in [0.25, 0.3) is 0 Å². The molecule has 0 amide bonds. The second-order valence-electron chi connectivity index (χ2n) is 3.80. The van der Waals surface area contributed by atoms with E-state index in [0.29, 0.717) is 5.69 Å². The lowest BCUT2D eigenvalue weighted by Gasteiger charge is -2.08. The third kappa shape index (κ3) is 3.21. The minimum absolute atomic E-state index is 0.683. The molecule has 0 fully saturated rings. The predicted molar refractivity (Wildman–Crippen MR) is 81.1 cm³/mol. The third-order valence-electron chi connectivity index (χ3n) is 2.53. The van der Waals surface area contributed by atoms with Crippen LogP contribution in [-0.4, -0.2) is 7.11 Å². The van der Waals surface area contributed by atoms with E-state index in [1.165, 1.54) is 10.5 Å². The minimum Gasteiger partial charge on any atom is -0.495 e. The first kappa shape index (κ1) is 13.3. The largest absolute Gasteiger partial charge is 0.495 e. The number of hydrogen-bond acceptors (Lipinski definition) is 3. The van der Waals surface area contributed by atoms with Crippen molar-refractivity contribution >= 4 is 33.4 Å². The van der Waals surface area contributed by atoms with Crippen LogP contribution in [0, 0.1) is 0 Å². The maximum atomic E-state index is 5.89. The fourth-order valence-electron chi connectivity index (χ4n) is 1.60. The molecule has 0 aliphatic heterocycles. The fraction of sp³-hybridized carbons (Fsp3) is 0.143. The highest BCUT2D eigenvalue weighted by Crippen LogP contribution is 2.31. The number of halogens is 1. The Morgan fingerprint density at radius 1 is 1.22 bits per heavy atom. The predicted octanol–water partition coefficient (Wildman–Crippen LogP) is 4.33. The summed E-state index contributed by atoms with van der Waals surface area (Å²) in [4.78, 5) is 1.23. The van der Waals surface area contributed by atoms with Crippen LogP contribution in [-0.2, 0) is 5.75 Å². The number of benzene rings is 2. The van der Waals surface area contributed by atoms with Crippen molar-refractivity contribution in [2.45, 2.75) is 10.6 Å². The zero-order chi connectivity index (χ0) is 13.0. The van der Waals surface area contributed by atoms with Crippen LogP contribution in [0.2, 0.25) is 0 Å². The molecule has 0 atom stereocenters. The number of anilines is 1. The van der Waals surface area contributed by atoms with Gasteiger partial charge in [0.15, 0.2) is 0 Å². The molecule has 2 aromatic carbocycles. The van der Waals surface area contributed by atoms with E-state index in [2.05, 4.69) is 22.0 Å². The Hall–Kier alpha value is -1.13. The van der Waals surface area contributed by atoms with Crippen LogP contribution < -0.4 is 10.5 Å². The molecule has 0 spiro atoms. The van der Waals surface area contributed by atoms with E-state index in [-0.39, 0.29) is 0 Å². The second kappa shape index (κ2) is 6.16. The molecule has 2 aromatic rings. The van der Waals surface area contributed by atoms with Gasteiger partial charge < -0.3 is 10.5 Å². The molecule has 0 bridgehead atoms. The summed E-state index contributed by atoms with van der Waals surface area (Å²) in [6, 6.07) is 14.1. The number of methoxy groups -OCH3 is 1. The van der Waals surface area contributed by atoms with Gasteiger partial charge in [0, 0.05) is 15.1 Å². The Morgan fingerprint density at radius 3 is 2.67 bits per heavy atom. The third-order valence-corrected chi connectivity index (χ3v) is 4.62. The van der Waals surface area contributed by atoms with Crippen molar-refractivity contribution in [3.8, 4) is 5.75 Å². The van der Waals surface area contributed by atoms with Gasteiger partial charge >= 0.3 is 0 Å². The molecule has 0 radical (unpaired) electrons. The SMILES string of the molecule is COc1ccc(CSc2ccccc2Br)cc1N. The van der Waals surface area contributed by atoms with E-state index in [1.807, 2.05) is 36.4 Å². The monoisotopic (exact) mass is 323 g/mol. The highest BCUT2D eigenvalue weighted by Gasteiger charge is 2.03. The first-order valence-electron chi connectivity index (χ1n) is 5.50. The lowest BCUT2D eigenvalue weighted by Crippen LogP contribution is -1.93. The summed E-state index contributed by atoms with van der Waals surface area (Å²) in [6.45, 7) is 0. The Labute approximate surface area is 120 Å². The van der Waals surface area contributed by atoms with E-state index in [1.54, 1.807) is 18.9 Å². The molecule has 2 rings (SSSR count). The quantitative estimate of drug-likeness (QED) is 0.671. The maximum absolute atomic E-state index is 5.89. The summed E-state index contributed by atoms with van der Waals surface area (Å²) in [5.74, 6) is 1.61. The highest BCUT2D eigenvalue weighted by molar-refractivity contribution is 9.10. The molecule has 94 valence electrons. The highest BCUT2D eigenvalue weighted by atomic mass is 79.9. The van der Waals surface area contributed by atoms with E-state index in [4.69, 9.17) is 10.5 Å². The van der Waals surface area contributed by atoms with Crippen LogP contribution in [0.1, 0.15) is 5.56 Å². The van der Waals surface area contributed by atoms with E-state index < -0.39 is 0 Å². The van der Waals surface area contributed by atoms with Crippen molar-refractivity contribution in [1.29, 1.82) is 0 Å². The van der Waals surface area contributed by atoms with Gasteiger partial charge in [0.1, 0.15) is 5.75 Å². The summed E-state index contributed by atoms with van der Waals surface area (Å²) in [5, 5.41) is 0. The lowest BCUT2D eigenvalue weighted by molar-refractivity contribution is 0.417. The Kier molecular flexibility index (Phi) is 4.55. The van der Waals surface area contributed by atoms with E-state index in [9.17, 15) is 0 Å². The summed E-state index contributed by atoms with van der Waals surface area (Å²) >= 11 is 5.32. The van der Waals surface area contributed by atoms with Crippen molar-refractivity contribution in [2.75, 3.05) is 12.8 Å². The second-order valence-corrected chi connectivity index (χ2v) is 5.67. The van der Waals surface area contributed by atoms with Crippen LogP contribution >= 0.6 is 27.7 Å². The normalized spacial score (nSPS) is 10.3. The topological polar surface area (TPSA) is 35.2 Å². The van der Waals surface area contributed by atoms with E-state index in [0.717, 1.165) is 16.0 Å². The average molecular weight is 324 g/mol. The molecule has 0 saturated heterocycles. The van der Waals surface area contributed by atoms with Gasteiger partial charge in [-0.1, -0.05) is 18.2 Å². The number of rotatable bonds is 4. The number of nitrogens with two attached hydrogens (primary N) is 1.